The quantitative estimate of drug-likeness (QED) is 0.273. The molecule has 0 aliphatic carbocycles. The Hall–Kier alpha value is -4.42. The third-order valence-corrected chi connectivity index (χ3v) is 6.35. The molecule has 0 bridgehead atoms. The molecule has 222 valence electrons. The zero-order chi connectivity index (χ0) is 30.6. The summed E-state index contributed by atoms with van der Waals surface area (Å²) >= 11 is 5.95. The summed E-state index contributed by atoms with van der Waals surface area (Å²) in [4.78, 5) is 60.7. The molecule has 42 heavy (non-hydrogen) atoms. The van der Waals surface area contributed by atoms with Crippen LogP contribution < -0.4 is 10.2 Å². The van der Waals surface area contributed by atoms with E-state index < -0.39 is 61.2 Å². The van der Waals surface area contributed by atoms with Crippen molar-refractivity contribution in [3.05, 3.63) is 64.0 Å². The van der Waals surface area contributed by atoms with Gasteiger partial charge in [-0.05, 0) is 29.8 Å². The Balaban J connectivity index is 1.70. The lowest BCUT2D eigenvalue weighted by molar-refractivity contribution is -0.288. The lowest BCUT2D eigenvalue weighted by Crippen LogP contribution is -2.63. The van der Waals surface area contributed by atoms with Crippen LogP contribution in [0.25, 0.3) is 22.1 Å². The summed E-state index contributed by atoms with van der Waals surface area (Å²) in [5, 5.41) is 0.782. The number of hydrogen-bond acceptors (Lipinski definition) is 12. The number of carbonyl (C=O) groups is 4. The average molecular weight is 603 g/mol. The van der Waals surface area contributed by atoms with E-state index in [1.165, 1.54) is 31.4 Å². The van der Waals surface area contributed by atoms with Crippen molar-refractivity contribution >= 4 is 46.4 Å². The second-order valence-electron chi connectivity index (χ2n) is 9.33. The van der Waals surface area contributed by atoms with Gasteiger partial charge in [0, 0.05) is 38.8 Å². The summed E-state index contributed by atoms with van der Waals surface area (Å²) in [7, 11) is 0. The first-order chi connectivity index (χ1) is 19.9. The van der Waals surface area contributed by atoms with Crippen molar-refractivity contribution < 1.29 is 52.0 Å². The Labute approximate surface area is 244 Å². The number of fused-ring (bicyclic) bond motifs is 1. The van der Waals surface area contributed by atoms with Crippen LogP contribution in [0.4, 0.5) is 0 Å². The Kier molecular flexibility index (Phi) is 9.48. The Morgan fingerprint density at radius 1 is 0.810 bits per heavy atom. The summed E-state index contributed by atoms with van der Waals surface area (Å²) in [6.07, 6.45) is -5.45. The highest BCUT2D eigenvalue weighted by Gasteiger charge is 2.53. The molecule has 1 aromatic heterocycles. The molecule has 0 radical (unpaired) electrons. The topological polar surface area (TPSA) is 154 Å². The first kappa shape index (κ1) is 30.5. The van der Waals surface area contributed by atoms with Gasteiger partial charge in [0.2, 0.25) is 12.4 Å². The number of hydrogen-bond donors (Lipinski definition) is 0. The molecular weight excluding hydrogens is 576 g/mol. The van der Waals surface area contributed by atoms with Gasteiger partial charge in [0.15, 0.2) is 17.6 Å². The summed E-state index contributed by atoms with van der Waals surface area (Å²) in [5.41, 5.74) is 0.832. The average Bonchev–Trinajstić information content (AvgIpc) is 2.91. The molecule has 4 rings (SSSR count). The van der Waals surface area contributed by atoms with Gasteiger partial charge in [-0.15, -0.1) is 0 Å². The summed E-state index contributed by atoms with van der Waals surface area (Å²) < 4.78 is 38.9. The number of carbonyl (C=O) groups excluding carboxylic acids is 4. The number of esters is 4. The van der Waals surface area contributed by atoms with Gasteiger partial charge < -0.3 is 32.8 Å². The number of halogens is 1. The Morgan fingerprint density at radius 3 is 2.05 bits per heavy atom. The van der Waals surface area contributed by atoms with E-state index in [1.807, 2.05) is 0 Å². The fourth-order valence-corrected chi connectivity index (χ4v) is 4.55. The van der Waals surface area contributed by atoms with E-state index in [0.29, 0.717) is 16.1 Å². The number of benzene rings is 2. The molecule has 1 aliphatic rings. The summed E-state index contributed by atoms with van der Waals surface area (Å²) in [6.45, 7) is 4.13. The van der Waals surface area contributed by atoms with Crippen molar-refractivity contribution in [2.45, 2.75) is 58.4 Å². The molecule has 0 saturated carbocycles. The Morgan fingerprint density at radius 2 is 1.43 bits per heavy atom. The molecule has 0 N–H and O–H groups in total. The van der Waals surface area contributed by atoms with Crippen molar-refractivity contribution in [2.24, 2.45) is 0 Å². The summed E-state index contributed by atoms with van der Waals surface area (Å²) in [6, 6.07) is 11.1. The van der Waals surface area contributed by atoms with Gasteiger partial charge in [0.05, 0.1) is 10.9 Å². The van der Waals surface area contributed by atoms with Crippen molar-refractivity contribution in [3.8, 4) is 16.9 Å². The smallest absolute Gasteiger partial charge is 0.303 e. The van der Waals surface area contributed by atoms with Gasteiger partial charge in [0.25, 0.3) is 0 Å². The van der Waals surface area contributed by atoms with Crippen LogP contribution >= 0.6 is 11.6 Å². The second kappa shape index (κ2) is 13.0. The van der Waals surface area contributed by atoms with Gasteiger partial charge >= 0.3 is 23.9 Å². The predicted octanol–water partition coefficient (Wildman–Crippen LogP) is 3.58. The van der Waals surface area contributed by atoms with E-state index in [4.69, 9.17) is 44.4 Å². The maximum absolute atomic E-state index is 13.2. The molecule has 1 fully saturated rings. The second-order valence-corrected chi connectivity index (χ2v) is 9.77. The zero-order valence-electron chi connectivity index (χ0n) is 23.0. The molecule has 5 atom stereocenters. The van der Waals surface area contributed by atoms with E-state index in [0.717, 1.165) is 20.8 Å². The largest absolute Gasteiger partial charge is 0.463 e. The maximum atomic E-state index is 13.2. The molecule has 0 spiro atoms. The lowest BCUT2D eigenvalue weighted by Gasteiger charge is -2.43. The molecule has 0 amide bonds. The predicted molar refractivity (Wildman–Crippen MR) is 146 cm³/mol. The van der Waals surface area contributed by atoms with Crippen LogP contribution in [0.2, 0.25) is 5.02 Å². The van der Waals surface area contributed by atoms with E-state index in [9.17, 15) is 24.0 Å². The van der Waals surface area contributed by atoms with Gasteiger partial charge in [-0.25, -0.2) is 0 Å². The van der Waals surface area contributed by atoms with E-state index in [-0.39, 0.29) is 22.1 Å². The first-order valence-corrected chi connectivity index (χ1v) is 13.1. The molecule has 2 heterocycles. The van der Waals surface area contributed by atoms with Crippen molar-refractivity contribution in [3.63, 3.8) is 0 Å². The highest BCUT2D eigenvalue weighted by Crippen LogP contribution is 2.32. The van der Waals surface area contributed by atoms with Crippen molar-refractivity contribution in [1.29, 1.82) is 0 Å². The highest BCUT2D eigenvalue weighted by atomic mass is 35.5. The third-order valence-electron chi connectivity index (χ3n) is 6.10. The van der Waals surface area contributed by atoms with Crippen molar-refractivity contribution in [1.82, 2.24) is 0 Å². The Bertz CT molecular complexity index is 1550. The van der Waals surface area contributed by atoms with E-state index in [1.54, 1.807) is 24.3 Å². The fourth-order valence-electron chi connectivity index (χ4n) is 4.43. The van der Waals surface area contributed by atoms with Gasteiger partial charge in [-0.2, -0.15) is 0 Å². The molecular formula is C29H27ClO12. The number of ether oxygens (including phenoxy) is 6. The van der Waals surface area contributed by atoms with E-state index in [2.05, 4.69) is 0 Å². The van der Waals surface area contributed by atoms with Crippen LogP contribution in [-0.4, -0.2) is 61.2 Å². The van der Waals surface area contributed by atoms with Crippen LogP contribution in [0, 0.1) is 0 Å². The zero-order valence-corrected chi connectivity index (χ0v) is 23.7. The highest BCUT2D eigenvalue weighted by molar-refractivity contribution is 6.30. The molecule has 12 nitrogen and oxygen atoms in total. The number of rotatable bonds is 8. The van der Waals surface area contributed by atoms with Gasteiger partial charge in [-0.1, -0.05) is 23.7 Å². The minimum atomic E-state index is -1.44. The minimum Gasteiger partial charge on any atom is -0.463 e. The molecule has 1 saturated heterocycles. The summed E-state index contributed by atoms with van der Waals surface area (Å²) in [5.74, 6) is -2.81. The SMILES string of the molecule is CC(=O)OC[C@H]1O[C@@H](Oc2ccc3c(=O)c(-c4ccc(Cl)cc4)coc3c2)[C@H](OC(C)=O)[C@@H](OC(C)=O)[C@@H]1OC(C)=O. The molecule has 0 unspecified atom stereocenters. The fraction of sp³-hybridized carbons (Fsp3) is 0.345. The van der Waals surface area contributed by atoms with Crippen LogP contribution in [0.3, 0.4) is 0 Å². The van der Waals surface area contributed by atoms with Crippen molar-refractivity contribution in [2.75, 3.05) is 6.61 Å². The van der Waals surface area contributed by atoms with Crippen LogP contribution in [0.5, 0.6) is 5.75 Å². The monoisotopic (exact) mass is 602 g/mol. The molecule has 1 aliphatic heterocycles. The van der Waals surface area contributed by atoms with Gasteiger partial charge in [0.1, 0.15) is 30.3 Å². The van der Waals surface area contributed by atoms with E-state index >= 15 is 0 Å². The third kappa shape index (κ3) is 7.25. The normalized spacial score (nSPS) is 21.7. The van der Waals surface area contributed by atoms with Gasteiger partial charge in [-0.3, -0.25) is 24.0 Å². The lowest BCUT2D eigenvalue weighted by atomic mass is 9.98. The minimum absolute atomic E-state index is 0.130. The molecule has 3 aromatic rings. The van der Waals surface area contributed by atoms with Crippen LogP contribution in [0.1, 0.15) is 27.7 Å². The maximum Gasteiger partial charge on any atom is 0.303 e. The molecule has 13 heteroatoms. The molecule has 2 aromatic carbocycles. The first-order valence-electron chi connectivity index (χ1n) is 12.7. The van der Waals surface area contributed by atoms with Crippen LogP contribution in [0.15, 0.2) is 57.9 Å². The standard InChI is InChI=1S/C29H27ClO12/c1-14(31)36-13-24-26(38-15(2)32)27(39-16(3)33)28(40-17(4)34)29(42-24)41-20-9-10-21-23(11-20)37-12-22(25(21)35)18-5-7-19(30)8-6-18/h5-12,24,26-29H,13H2,1-4H3/t24-,26-,27+,28-,29-/m1/s1. The van der Waals surface area contributed by atoms with Crippen LogP contribution in [-0.2, 0) is 42.9 Å².